The summed E-state index contributed by atoms with van der Waals surface area (Å²) in [5.74, 6) is -0.298. The van der Waals surface area contributed by atoms with Gasteiger partial charge in [0.1, 0.15) is 0 Å². The smallest absolute Gasteiger partial charge is 0.313 e. The zero-order chi connectivity index (χ0) is 14.6. The topological polar surface area (TPSA) is 26.3 Å². The number of hydrogen-bond acceptors (Lipinski definition) is 2. The lowest BCUT2D eigenvalue weighted by Gasteiger charge is -2.22. The van der Waals surface area contributed by atoms with Crippen LogP contribution in [0.5, 0.6) is 0 Å². The van der Waals surface area contributed by atoms with E-state index < -0.39 is 0 Å². The Morgan fingerprint density at radius 2 is 1.84 bits per heavy atom. The van der Waals surface area contributed by atoms with E-state index in [2.05, 4.69) is 33.8 Å². The van der Waals surface area contributed by atoms with Gasteiger partial charge >= 0.3 is 5.97 Å². The molecule has 0 saturated heterocycles. The Bertz CT molecular complexity index is 461. The highest BCUT2D eigenvalue weighted by atomic mass is 16.5. The average Bonchev–Trinajstić information content (AvgIpc) is 2.40. The van der Waals surface area contributed by atoms with Crippen molar-refractivity contribution < 1.29 is 9.53 Å². The van der Waals surface area contributed by atoms with E-state index >= 15 is 0 Å². The van der Waals surface area contributed by atoms with Gasteiger partial charge in [0.2, 0.25) is 0 Å². The van der Waals surface area contributed by atoms with Crippen molar-refractivity contribution in [3.05, 3.63) is 33.9 Å². The molecule has 1 rings (SSSR count). The Labute approximate surface area is 117 Å². The van der Waals surface area contributed by atoms with E-state index in [-0.39, 0.29) is 11.9 Å². The average molecular weight is 262 g/mol. The van der Waals surface area contributed by atoms with Gasteiger partial charge in [-0.1, -0.05) is 19.9 Å². The van der Waals surface area contributed by atoms with E-state index in [0.717, 1.165) is 12.8 Å². The molecule has 0 fully saturated rings. The monoisotopic (exact) mass is 262 g/mol. The third-order valence-electron chi connectivity index (χ3n) is 3.91. The summed E-state index contributed by atoms with van der Waals surface area (Å²) in [6.45, 7) is 12.8. The van der Waals surface area contributed by atoms with Crippen LogP contribution in [0.4, 0.5) is 0 Å². The zero-order valence-corrected chi connectivity index (χ0v) is 13.1. The van der Waals surface area contributed by atoms with Crippen LogP contribution >= 0.6 is 0 Å². The van der Waals surface area contributed by atoms with Crippen LogP contribution in [-0.4, -0.2) is 12.6 Å². The number of benzene rings is 1. The minimum atomic E-state index is -0.180. The molecule has 0 aliphatic heterocycles. The van der Waals surface area contributed by atoms with Gasteiger partial charge in [-0.25, -0.2) is 0 Å². The molecule has 106 valence electrons. The quantitative estimate of drug-likeness (QED) is 0.747. The minimum absolute atomic E-state index is 0.118. The number of esters is 1. The molecule has 0 amide bonds. The summed E-state index contributed by atoms with van der Waals surface area (Å²) in [7, 11) is 0. The van der Waals surface area contributed by atoms with Crippen LogP contribution in [0.15, 0.2) is 6.07 Å². The first kappa shape index (κ1) is 15.7. The van der Waals surface area contributed by atoms with E-state index in [0.29, 0.717) is 6.61 Å². The van der Waals surface area contributed by atoms with Crippen molar-refractivity contribution in [2.75, 3.05) is 6.61 Å². The molecule has 0 heterocycles. The molecule has 0 aromatic heterocycles. The predicted molar refractivity (Wildman–Crippen MR) is 79.7 cm³/mol. The molecule has 0 spiro atoms. The van der Waals surface area contributed by atoms with Crippen LogP contribution in [0, 0.1) is 13.8 Å². The molecular weight excluding hydrogens is 236 g/mol. The van der Waals surface area contributed by atoms with Crippen LogP contribution in [0.2, 0.25) is 0 Å². The minimum Gasteiger partial charge on any atom is -0.466 e. The van der Waals surface area contributed by atoms with Crippen LogP contribution in [0.1, 0.15) is 61.4 Å². The fraction of sp³-hybridized carbons (Fsp3) is 0.588. The van der Waals surface area contributed by atoms with E-state index in [1.807, 2.05) is 13.8 Å². The first-order valence-electron chi connectivity index (χ1n) is 7.26. The summed E-state index contributed by atoms with van der Waals surface area (Å²) < 4.78 is 5.19. The maximum atomic E-state index is 12.1. The van der Waals surface area contributed by atoms with Gasteiger partial charge in [0.15, 0.2) is 0 Å². The van der Waals surface area contributed by atoms with Crippen molar-refractivity contribution in [1.29, 1.82) is 0 Å². The zero-order valence-electron chi connectivity index (χ0n) is 13.1. The number of ether oxygens (including phenoxy) is 1. The third kappa shape index (κ3) is 3.17. The molecule has 0 bridgehead atoms. The second kappa shape index (κ2) is 6.74. The van der Waals surface area contributed by atoms with Crippen LogP contribution < -0.4 is 0 Å². The number of rotatable bonds is 5. The lowest BCUT2D eigenvalue weighted by Crippen LogP contribution is -2.17. The van der Waals surface area contributed by atoms with Gasteiger partial charge in [0, 0.05) is 0 Å². The summed E-state index contributed by atoms with van der Waals surface area (Å²) >= 11 is 0. The van der Waals surface area contributed by atoms with Crippen molar-refractivity contribution in [2.24, 2.45) is 0 Å². The summed E-state index contributed by atoms with van der Waals surface area (Å²) in [6, 6.07) is 2.26. The Kier molecular flexibility index (Phi) is 5.59. The summed E-state index contributed by atoms with van der Waals surface area (Å²) in [4.78, 5) is 12.1. The van der Waals surface area contributed by atoms with E-state index in [4.69, 9.17) is 4.74 Å². The fourth-order valence-corrected chi connectivity index (χ4v) is 2.77. The molecule has 1 aromatic rings. The highest BCUT2D eigenvalue weighted by Crippen LogP contribution is 2.31. The summed E-state index contributed by atoms with van der Waals surface area (Å²) in [5, 5.41) is 0. The molecule has 0 aliphatic rings. The highest BCUT2D eigenvalue weighted by molar-refractivity contribution is 5.79. The van der Waals surface area contributed by atoms with Gasteiger partial charge in [-0.2, -0.15) is 0 Å². The molecule has 2 heteroatoms. The van der Waals surface area contributed by atoms with Gasteiger partial charge in [0.25, 0.3) is 0 Å². The molecule has 1 unspecified atom stereocenters. The van der Waals surface area contributed by atoms with Crippen molar-refractivity contribution in [2.45, 2.75) is 60.3 Å². The van der Waals surface area contributed by atoms with E-state index in [1.54, 1.807) is 0 Å². The number of hydrogen-bond donors (Lipinski definition) is 0. The van der Waals surface area contributed by atoms with E-state index in [1.165, 1.54) is 27.8 Å². The van der Waals surface area contributed by atoms with Gasteiger partial charge in [-0.15, -0.1) is 0 Å². The molecule has 0 radical (unpaired) electrons. The van der Waals surface area contributed by atoms with Gasteiger partial charge in [-0.3, -0.25) is 4.79 Å². The van der Waals surface area contributed by atoms with Gasteiger partial charge in [0.05, 0.1) is 12.5 Å². The second-order valence-electron chi connectivity index (χ2n) is 5.05. The Morgan fingerprint density at radius 1 is 1.21 bits per heavy atom. The second-order valence-corrected chi connectivity index (χ2v) is 5.05. The number of carbonyl (C=O) groups is 1. The van der Waals surface area contributed by atoms with E-state index in [9.17, 15) is 4.79 Å². The molecule has 0 aliphatic carbocycles. The van der Waals surface area contributed by atoms with Crippen LogP contribution in [0.25, 0.3) is 0 Å². The summed E-state index contributed by atoms with van der Waals surface area (Å²) in [6.07, 6.45) is 1.97. The Morgan fingerprint density at radius 3 is 2.32 bits per heavy atom. The Balaban J connectivity index is 3.38. The largest absolute Gasteiger partial charge is 0.466 e. The van der Waals surface area contributed by atoms with Crippen molar-refractivity contribution in [3.63, 3.8) is 0 Å². The van der Waals surface area contributed by atoms with Gasteiger partial charge in [-0.05, 0) is 68.4 Å². The van der Waals surface area contributed by atoms with Crippen molar-refractivity contribution in [1.82, 2.24) is 0 Å². The molecule has 0 N–H and O–H groups in total. The van der Waals surface area contributed by atoms with Crippen LogP contribution in [0.3, 0.4) is 0 Å². The number of aryl methyl sites for hydroxylation is 2. The number of carbonyl (C=O) groups excluding carboxylic acids is 1. The van der Waals surface area contributed by atoms with Crippen molar-refractivity contribution in [3.8, 4) is 0 Å². The molecule has 19 heavy (non-hydrogen) atoms. The first-order chi connectivity index (χ1) is 8.97. The molecular formula is C17H26O2. The molecule has 1 aromatic carbocycles. The lowest BCUT2D eigenvalue weighted by molar-refractivity contribution is -0.144. The predicted octanol–water partition coefficient (Wildman–Crippen LogP) is 4.09. The van der Waals surface area contributed by atoms with Crippen LogP contribution in [-0.2, 0) is 22.4 Å². The Hall–Kier alpha value is -1.31. The molecule has 2 nitrogen and oxygen atoms in total. The molecule has 0 saturated carbocycles. The highest BCUT2D eigenvalue weighted by Gasteiger charge is 2.23. The fourth-order valence-electron chi connectivity index (χ4n) is 2.77. The molecule has 1 atom stereocenters. The lowest BCUT2D eigenvalue weighted by atomic mass is 9.84. The maximum absolute atomic E-state index is 12.1. The standard InChI is InChI=1S/C17H26O2/c1-7-14-10-11(4)12(5)16(15(14)8-2)13(6)17(18)19-9-3/h10,13H,7-9H2,1-6H3. The third-order valence-corrected chi connectivity index (χ3v) is 3.91. The summed E-state index contributed by atoms with van der Waals surface area (Å²) in [5.41, 5.74) is 6.36. The van der Waals surface area contributed by atoms with Gasteiger partial charge < -0.3 is 4.74 Å². The normalized spacial score (nSPS) is 12.3. The first-order valence-corrected chi connectivity index (χ1v) is 7.26. The van der Waals surface area contributed by atoms with Crippen molar-refractivity contribution >= 4 is 5.97 Å². The maximum Gasteiger partial charge on any atom is 0.313 e. The SMILES string of the molecule is CCOC(=O)C(C)c1c(C)c(C)cc(CC)c1CC.